The summed E-state index contributed by atoms with van der Waals surface area (Å²) in [5.41, 5.74) is 2.67. The van der Waals surface area contributed by atoms with E-state index < -0.39 is 23.4 Å². The molecular weight excluding hydrogens is 402 g/mol. The summed E-state index contributed by atoms with van der Waals surface area (Å²) in [7, 11) is 0. The zero-order chi connectivity index (χ0) is 21.1. The fourth-order valence-electron chi connectivity index (χ4n) is 2.72. The van der Waals surface area contributed by atoms with Crippen LogP contribution in [0.15, 0.2) is 29.3 Å². The van der Waals surface area contributed by atoms with Crippen molar-refractivity contribution in [3.05, 3.63) is 62.5 Å². The van der Waals surface area contributed by atoms with E-state index in [1.54, 1.807) is 0 Å². The first-order valence-electron chi connectivity index (χ1n) is 8.78. The van der Waals surface area contributed by atoms with Gasteiger partial charge in [0.25, 0.3) is 11.5 Å². The molecule has 2 heterocycles. The van der Waals surface area contributed by atoms with Gasteiger partial charge in [0.1, 0.15) is 22.8 Å². The lowest BCUT2D eigenvalue weighted by Gasteiger charge is -2.09. The molecule has 2 aromatic heterocycles. The highest BCUT2D eigenvalue weighted by atomic mass is 32.1. The minimum atomic E-state index is -0.957. The maximum atomic E-state index is 13.6. The molecule has 10 heteroatoms. The first-order valence-corrected chi connectivity index (χ1v) is 9.60. The second-order valence-corrected chi connectivity index (χ2v) is 7.60. The Bertz CT molecular complexity index is 1160. The molecule has 1 aromatic carbocycles. The molecule has 0 aliphatic carbocycles. The lowest BCUT2D eigenvalue weighted by atomic mass is 10.2. The standard InChI is InChI=1S/C19H18F2N4O3S/c1-10-11(2)29-18-16(10)19(28)25(9-23-18)24-15(26)4-3-7-22-17(27)13-6-5-12(20)8-14(13)21/h5-6,8-9H,3-4,7H2,1-2H3,(H,22,27)(H,24,26). The van der Waals surface area contributed by atoms with Crippen LogP contribution in [0.2, 0.25) is 0 Å². The molecule has 0 saturated carbocycles. The van der Waals surface area contributed by atoms with Crippen LogP contribution in [0.5, 0.6) is 0 Å². The predicted molar refractivity (Wildman–Crippen MR) is 106 cm³/mol. The van der Waals surface area contributed by atoms with Crippen molar-refractivity contribution in [3.8, 4) is 0 Å². The largest absolute Gasteiger partial charge is 0.352 e. The van der Waals surface area contributed by atoms with Crippen molar-refractivity contribution in [2.24, 2.45) is 0 Å². The van der Waals surface area contributed by atoms with E-state index in [4.69, 9.17) is 0 Å². The van der Waals surface area contributed by atoms with E-state index in [1.807, 2.05) is 13.8 Å². The Morgan fingerprint density at radius 1 is 1.24 bits per heavy atom. The van der Waals surface area contributed by atoms with Gasteiger partial charge in [0.2, 0.25) is 5.91 Å². The number of aromatic nitrogens is 2. The van der Waals surface area contributed by atoms with E-state index >= 15 is 0 Å². The predicted octanol–water partition coefficient (Wildman–Crippen LogP) is 2.63. The molecular formula is C19H18F2N4O3S. The highest BCUT2D eigenvalue weighted by molar-refractivity contribution is 7.18. The second kappa shape index (κ2) is 8.48. The summed E-state index contributed by atoms with van der Waals surface area (Å²) < 4.78 is 27.5. The van der Waals surface area contributed by atoms with Gasteiger partial charge in [-0.05, 0) is 38.0 Å². The van der Waals surface area contributed by atoms with Crippen molar-refractivity contribution in [1.29, 1.82) is 0 Å². The molecule has 29 heavy (non-hydrogen) atoms. The van der Waals surface area contributed by atoms with Crippen molar-refractivity contribution in [2.45, 2.75) is 26.7 Å². The molecule has 3 aromatic rings. The third kappa shape index (κ3) is 4.48. The zero-order valence-corrected chi connectivity index (χ0v) is 16.5. The summed E-state index contributed by atoms with van der Waals surface area (Å²) in [5.74, 6) is -2.86. The first kappa shape index (κ1) is 20.6. The van der Waals surface area contributed by atoms with E-state index in [0.29, 0.717) is 16.3 Å². The molecule has 7 nitrogen and oxygen atoms in total. The number of hydrogen-bond acceptors (Lipinski definition) is 5. The Morgan fingerprint density at radius 3 is 2.72 bits per heavy atom. The molecule has 0 atom stereocenters. The molecule has 0 unspecified atom stereocenters. The van der Waals surface area contributed by atoms with E-state index in [-0.39, 0.29) is 30.5 Å². The SMILES string of the molecule is Cc1sc2ncn(NC(=O)CCCNC(=O)c3ccc(F)cc3F)c(=O)c2c1C. The highest BCUT2D eigenvalue weighted by Gasteiger charge is 2.14. The average Bonchev–Trinajstić information content (AvgIpc) is 2.95. The smallest absolute Gasteiger partial charge is 0.281 e. The lowest BCUT2D eigenvalue weighted by molar-refractivity contribution is -0.117. The van der Waals surface area contributed by atoms with E-state index in [1.165, 1.54) is 17.7 Å². The van der Waals surface area contributed by atoms with Gasteiger partial charge in [-0.2, -0.15) is 0 Å². The van der Waals surface area contributed by atoms with Gasteiger partial charge in [0, 0.05) is 23.9 Å². The van der Waals surface area contributed by atoms with Gasteiger partial charge in [0.15, 0.2) is 0 Å². The maximum Gasteiger partial charge on any atom is 0.281 e. The van der Waals surface area contributed by atoms with Crippen LogP contribution in [0.1, 0.15) is 33.6 Å². The zero-order valence-electron chi connectivity index (χ0n) is 15.7. The Hall–Kier alpha value is -3.14. The lowest BCUT2D eigenvalue weighted by Crippen LogP contribution is -2.33. The van der Waals surface area contributed by atoms with Crippen molar-refractivity contribution in [3.63, 3.8) is 0 Å². The number of nitrogens with one attached hydrogen (secondary N) is 2. The third-order valence-corrected chi connectivity index (χ3v) is 5.49. The van der Waals surface area contributed by atoms with E-state index in [0.717, 1.165) is 27.2 Å². The molecule has 0 aliphatic heterocycles. The van der Waals surface area contributed by atoms with E-state index in [9.17, 15) is 23.2 Å². The third-order valence-electron chi connectivity index (χ3n) is 4.38. The summed E-state index contributed by atoms with van der Waals surface area (Å²) >= 11 is 1.42. The molecule has 3 rings (SSSR count). The molecule has 0 aliphatic rings. The monoisotopic (exact) mass is 420 g/mol. The van der Waals surface area contributed by atoms with Crippen LogP contribution in [0, 0.1) is 25.5 Å². The van der Waals surface area contributed by atoms with Crippen molar-refractivity contribution < 1.29 is 18.4 Å². The fourth-order valence-corrected chi connectivity index (χ4v) is 3.71. The second-order valence-electron chi connectivity index (χ2n) is 6.40. The number of thiophene rings is 1. The number of aryl methyl sites for hydroxylation is 2. The Morgan fingerprint density at radius 2 is 2.00 bits per heavy atom. The van der Waals surface area contributed by atoms with Gasteiger partial charge in [-0.25, -0.2) is 18.4 Å². The number of nitrogens with zero attached hydrogens (tertiary/aromatic N) is 2. The Kier molecular flexibility index (Phi) is 6.02. The summed E-state index contributed by atoms with van der Waals surface area (Å²) in [5, 5.41) is 2.94. The van der Waals surface area contributed by atoms with Gasteiger partial charge >= 0.3 is 0 Å². The minimum Gasteiger partial charge on any atom is -0.352 e. The summed E-state index contributed by atoms with van der Waals surface area (Å²) in [6.45, 7) is 3.84. The quantitative estimate of drug-likeness (QED) is 0.600. The number of halogens is 2. The van der Waals surface area contributed by atoms with Crippen LogP contribution in [0.4, 0.5) is 8.78 Å². The number of fused-ring (bicyclic) bond motifs is 1. The van der Waals surface area contributed by atoms with Gasteiger partial charge in [-0.3, -0.25) is 19.8 Å². The molecule has 0 saturated heterocycles. The van der Waals surface area contributed by atoms with Gasteiger partial charge in [0.05, 0.1) is 10.9 Å². The molecule has 2 N–H and O–H groups in total. The summed E-state index contributed by atoms with van der Waals surface area (Å²) in [6, 6.07) is 2.67. The Balaban J connectivity index is 1.53. The van der Waals surface area contributed by atoms with Crippen LogP contribution in [0.3, 0.4) is 0 Å². The molecule has 152 valence electrons. The number of amides is 2. The van der Waals surface area contributed by atoms with Crippen LogP contribution in [-0.4, -0.2) is 28.0 Å². The van der Waals surface area contributed by atoms with Crippen LogP contribution >= 0.6 is 11.3 Å². The Labute approximate surface area is 168 Å². The minimum absolute atomic E-state index is 0.0261. The van der Waals surface area contributed by atoms with Gasteiger partial charge in [-0.15, -0.1) is 11.3 Å². The number of rotatable bonds is 6. The molecule has 0 bridgehead atoms. The van der Waals surface area contributed by atoms with Crippen LogP contribution < -0.4 is 16.3 Å². The van der Waals surface area contributed by atoms with Crippen molar-refractivity contribution in [1.82, 2.24) is 15.0 Å². The van der Waals surface area contributed by atoms with Crippen LogP contribution in [0.25, 0.3) is 10.2 Å². The maximum absolute atomic E-state index is 13.6. The number of hydrogen-bond donors (Lipinski definition) is 2. The highest BCUT2D eigenvalue weighted by Crippen LogP contribution is 2.25. The normalized spacial score (nSPS) is 10.9. The fraction of sp³-hybridized carbons (Fsp3) is 0.263. The first-order chi connectivity index (χ1) is 13.8. The van der Waals surface area contributed by atoms with E-state index in [2.05, 4.69) is 15.7 Å². The summed E-state index contributed by atoms with van der Waals surface area (Å²) in [6.07, 6.45) is 1.55. The number of benzene rings is 1. The summed E-state index contributed by atoms with van der Waals surface area (Å²) in [4.78, 5) is 42.3. The van der Waals surface area contributed by atoms with Crippen LogP contribution in [-0.2, 0) is 4.79 Å². The number of carbonyl (C=O) groups is 2. The van der Waals surface area contributed by atoms with Gasteiger partial charge in [-0.1, -0.05) is 0 Å². The molecule has 2 amide bonds. The molecule has 0 spiro atoms. The molecule has 0 radical (unpaired) electrons. The van der Waals surface area contributed by atoms with Crippen molar-refractivity contribution in [2.75, 3.05) is 12.0 Å². The average molecular weight is 420 g/mol. The number of carbonyl (C=O) groups excluding carboxylic acids is 2. The van der Waals surface area contributed by atoms with Crippen molar-refractivity contribution >= 4 is 33.4 Å². The van der Waals surface area contributed by atoms with Gasteiger partial charge < -0.3 is 5.32 Å². The topological polar surface area (TPSA) is 93.1 Å². The molecule has 0 fully saturated rings.